The topological polar surface area (TPSA) is 102 Å². The van der Waals surface area contributed by atoms with Crippen molar-refractivity contribution < 1.29 is 14.0 Å². The van der Waals surface area contributed by atoms with E-state index in [9.17, 15) is 14.0 Å². The lowest BCUT2D eigenvalue weighted by atomic mass is 10.0. The second kappa shape index (κ2) is 9.00. The Bertz CT molecular complexity index is 1070. The highest BCUT2D eigenvalue weighted by atomic mass is 35.5. The summed E-state index contributed by atoms with van der Waals surface area (Å²) in [4.78, 5) is 25.3. The first-order valence-electron chi connectivity index (χ1n) is 9.18. The van der Waals surface area contributed by atoms with Crippen LogP contribution in [0.25, 0.3) is 5.69 Å². The molecule has 8 nitrogen and oxygen atoms in total. The lowest BCUT2D eigenvalue weighted by Crippen LogP contribution is -2.47. The average Bonchev–Trinajstić information content (AvgIpc) is 3.13. The fraction of sp³-hybridized carbons (Fsp3) is 0.250. The summed E-state index contributed by atoms with van der Waals surface area (Å²) in [6.45, 7) is 5.26. The molecule has 2 amide bonds. The van der Waals surface area contributed by atoms with Gasteiger partial charge < -0.3 is 10.6 Å². The number of carbonyl (C=O) groups excluding carboxylic acids is 2. The fourth-order valence-electron chi connectivity index (χ4n) is 2.79. The molecule has 2 aromatic carbocycles. The fourth-order valence-corrected chi connectivity index (χ4v) is 2.91. The van der Waals surface area contributed by atoms with E-state index in [-0.39, 0.29) is 11.6 Å². The number of aromatic nitrogens is 4. The molecular formula is C20H20ClFN6O2. The van der Waals surface area contributed by atoms with E-state index in [1.807, 2.05) is 13.8 Å². The molecule has 0 saturated carbocycles. The number of anilines is 1. The summed E-state index contributed by atoms with van der Waals surface area (Å²) in [5.74, 6) is -1.17. The summed E-state index contributed by atoms with van der Waals surface area (Å²) in [7, 11) is 0. The van der Waals surface area contributed by atoms with Crippen LogP contribution in [0.1, 0.15) is 30.0 Å². The summed E-state index contributed by atoms with van der Waals surface area (Å²) >= 11 is 5.85. The second-order valence-electron chi connectivity index (χ2n) is 7.00. The van der Waals surface area contributed by atoms with Crippen LogP contribution in [0.15, 0.2) is 42.5 Å². The molecule has 0 radical (unpaired) electrons. The molecule has 2 N–H and O–H groups in total. The first-order valence-corrected chi connectivity index (χ1v) is 9.56. The van der Waals surface area contributed by atoms with Crippen molar-refractivity contribution in [2.75, 3.05) is 5.32 Å². The first kappa shape index (κ1) is 21.4. The summed E-state index contributed by atoms with van der Waals surface area (Å²) in [6, 6.07) is 9.61. The Morgan fingerprint density at radius 3 is 2.43 bits per heavy atom. The molecule has 10 heteroatoms. The van der Waals surface area contributed by atoms with E-state index in [1.54, 1.807) is 31.2 Å². The van der Waals surface area contributed by atoms with Gasteiger partial charge in [-0.25, -0.2) is 4.39 Å². The molecule has 3 aromatic rings. The van der Waals surface area contributed by atoms with Crippen molar-refractivity contribution in [2.24, 2.45) is 5.92 Å². The minimum Gasteiger partial charge on any atom is -0.340 e. The molecule has 156 valence electrons. The van der Waals surface area contributed by atoms with Crippen LogP contribution in [0.5, 0.6) is 0 Å². The lowest BCUT2D eigenvalue weighted by Gasteiger charge is -2.22. The van der Waals surface area contributed by atoms with Crippen LogP contribution in [0, 0.1) is 18.7 Å². The molecule has 0 aliphatic heterocycles. The van der Waals surface area contributed by atoms with Gasteiger partial charge in [-0.15, -0.1) is 5.10 Å². The molecule has 0 aliphatic rings. The smallest absolute Gasteiger partial charge is 0.251 e. The molecule has 0 fully saturated rings. The number of nitrogens with zero attached hydrogens (tertiary/aromatic N) is 4. The van der Waals surface area contributed by atoms with Crippen LogP contribution in [-0.2, 0) is 4.79 Å². The third-order valence-corrected chi connectivity index (χ3v) is 4.66. The molecule has 1 heterocycles. The van der Waals surface area contributed by atoms with Gasteiger partial charge in [-0.2, -0.15) is 4.68 Å². The Morgan fingerprint density at radius 2 is 1.83 bits per heavy atom. The van der Waals surface area contributed by atoms with Gasteiger partial charge in [-0.05, 0) is 65.7 Å². The number of carbonyl (C=O) groups is 2. The van der Waals surface area contributed by atoms with Crippen LogP contribution < -0.4 is 10.6 Å². The van der Waals surface area contributed by atoms with Gasteiger partial charge in [0.15, 0.2) is 5.82 Å². The van der Waals surface area contributed by atoms with Crippen LogP contribution in [0.2, 0.25) is 5.02 Å². The first-order chi connectivity index (χ1) is 14.3. The van der Waals surface area contributed by atoms with Crippen LogP contribution in [-0.4, -0.2) is 38.1 Å². The Balaban J connectivity index is 1.78. The average molecular weight is 431 g/mol. The monoisotopic (exact) mass is 430 g/mol. The van der Waals surface area contributed by atoms with Crippen LogP contribution >= 0.6 is 11.6 Å². The van der Waals surface area contributed by atoms with E-state index in [0.717, 1.165) is 0 Å². The zero-order chi connectivity index (χ0) is 21.8. The molecular weight excluding hydrogens is 411 g/mol. The Labute approximate surface area is 177 Å². The lowest BCUT2D eigenvalue weighted by molar-refractivity contribution is -0.118. The number of nitrogens with one attached hydrogen (secondary N) is 2. The second-order valence-corrected chi connectivity index (χ2v) is 7.43. The molecule has 0 spiro atoms. The standard InChI is InChI=1S/C20H20ClFN6O2/c1-11(2)18(24-19(29)13-4-6-14(21)7-5-13)20(30)23-15-8-9-16(22)17(10-15)28-12(3)25-26-27-28/h4-11,18H,1-3H3,(H,23,30)(H,24,29). The largest absolute Gasteiger partial charge is 0.340 e. The van der Waals surface area contributed by atoms with Crippen molar-refractivity contribution in [3.05, 3.63) is 64.7 Å². The summed E-state index contributed by atoms with van der Waals surface area (Å²) in [5, 5.41) is 16.9. The molecule has 1 aromatic heterocycles. The minimum atomic E-state index is -0.809. The van der Waals surface area contributed by atoms with Crippen molar-refractivity contribution in [2.45, 2.75) is 26.8 Å². The van der Waals surface area contributed by atoms with Gasteiger partial charge in [-0.1, -0.05) is 25.4 Å². The minimum absolute atomic E-state index is 0.0987. The highest BCUT2D eigenvalue weighted by Gasteiger charge is 2.25. The van der Waals surface area contributed by atoms with Crippen molar-refractivity contribution in [3.63, 3.8) is 0 Å². The maximum Gasteiger partial charge on any atom is 0.251 e. The molecule has 1 atom stereocenters. The number of hydrogen-bond donors (Lipinski definition) is 2. The van der Waals surface area contributed by atoms with Gasteiger partial charge in [0.2, 0.25) is 5.91 Å². The van der Waals surface area contributed by atoms with Crippen LogP contribution in [0.4, 0.5) is 10.1 Å². The number of benzene rings is 2. The third kappa shape index (κ3) is 4.80. The number of hydrogen-bond acceptors (Lipinski definition) is 5. The van der Waals surface area contributed by atoms with Gasteiger partial charge in [0, 0.05) is 16.3 Å². The molecule has 30 heavy (non-hydrogen) atoms. The van der Waals surface area contributed by atoms with Crippen molar-refractivity contribution >= 4 is 29.1 Å². The van der Waals surface area contributed by atoms with Gasteiger partial charge >= 0.3 is 0 Å². The molecule has 3 rings (SSSR count). The zero-order valence-electron chi connectivity index (χ0n) is 16.6. The van der Waals surface area contributed by atoms with Crippen molar-refractivity contribution in [3.8, 4) is 5.69 Å². The van der Waals surface area contributed by atoms with Gasteiger partial charge in [0.05, 0.1) is 0 Å². The zero-order valence-corrected chi connectivity index (χ0v) is 17.3. The number of rotatable bonds is 6. The predicted molar refractivity (Wildman–Crippen MR) is 110 cm³/mol. The number of aryl methyl sites for hydroxylation is 1. The van der Waals surface area contributed by atoms with E-state index in [4.69, 9.17) is 11.6 Å². The van der Waals surface area contributed by atoms with Gasteiger partial charge in [0.1, 0.15) is 17.5 Å². The van der Waals surface area contributed by atoms with Gasteiger partial charge in [0.25, 0.3) is 5.91 Å². The molecule has 0 saturated heterocycles. The Hall–Kier alpha value is -3.33. The highest BCUT2D eigenvalue weighted by Crippen LogP contribution is 2.20. The molecule has 0 aliphatic carbocycles. The van der Waals surface area contributed by atoms with Crippen LogP contribution in [0.3, 0.4) is 0 Å². The van der Waals surface area contributed by atoms with E-state index in [1.165, 1.54) is 22.9 Å². The van der Waals surface area contributed by atoms with Crippen molar-refractivity contribution in [1.29, 1.82) is 0 Å². The normalized spacial score (nSPS) is 11.9. The van der Waals surface area contributed by atoms with E-state index < -0.39 is 23.7 Å². The van der Waals surface area contributed by atoms with E-state index in [2.05, 4.69) is 26.2 Å². The molecule has 0 bridgehead atoms. The Morgan fingerprint density at radius 1 is 1.13 bits per heavy atom. The number of tetrazole rings is 1. The van der Waals surface area contributed by atoms with E-state index >= 15 is 0 Å². The van der Waals surface area contributed by atoms with Gasteiger partial charge in [-0.3, -0.25) is 9.59 Å². The quantitative estimate of drug-likeness (QED) is 0.625. The highest BCUT2D eigenvalue weighted by molar-refractivity contribution is 6.30. The van der Waals surface area contributed by atoms with E-state index in [0.29, 0.717) is 22.1 Å². The summed E-state index contributed by atoms with van der Waals surface area (Å²) in [5.41, 5.74) is 0.829. The Kier molecular flexibility index (Phi) is 6.41. The maximum atomic E-state index is 14.2. The maximum absolute atomic E-state index is 14.2. The number of halogens is 2. The predicted octanol–water partition coefficient (Wildman–Crippen LogP) is 3.16. The third-order valence-electron chi connectivity index (χ3n) is 4.41. The van der Waals surface area contributed by atoms with Crippen molar-refractivity contribution in [1.82, 2.24) is 25.5 Å². The molecule has 1 unspecified atom stereocenters. The summed E-state index contributed by atoms with van der Waals surface area (Å²) in [6.07, 6.45) is 0. The summed E-state index contributed by atoms with van der Waals surface area (Å²) < 4.78 is 15.5. The SMILES string of the molecule is Cc1nnnn1-c1cc(NC(=O)C(NC(=O)c2ccc(Cl)cc2)C(C)C)ccc1F. The number of amides is 2.